The zero-order chi connectivity index (χ0) is 14.8. The smallest absolute Gasteiger partial charge is 0.308 e. The summed E-state index contributed by atoms with van der Waals surface area (Å²) in [6.07, 6.45) is 2.70. The molecule has 0 unspecified atom stereocenters. The van der Waals surface area contributed by atoms with Crippen LogP contribution >= 0.6 is 11.6 Å². The summed E-state index contributed by atoms with van der Waals surface area (Å²) in [5.74, 6) is -1.61. The van der Waals surface area contributed by atoms with Crippen molar-refractivity contribution >= 4 is 27.6 Å². The normalized spacial score (nSPS) is 23.4. The van der Waals surface area contributed by atoms with Crippen LogP contribution in [0.4, 0.5) is 0 Å². The van der Waals surface area contributed by atoms with Crippen LogP contribution in [-0.2, 0) is 14.8 Å². The van der Waals surface area contributed by atoms with Gasteiger partial charge in [-0.25, -0.2) is 13.1 Å². The van der Waals surface area contributed by atoms with Crippen molar-refractivity contribution in [2.24, 2.45) is 5.92 Å². The van der Waals surface area contributed by atoms with Gasteiger partial charge < -0.3 is 5.11 Å². The van der Waals surface area contributed by atoms with E-state index in [2.05, 4.69) is 4.72 Å². The first kappa shape index (κ1) is 15.3. The fourth-order valence-electron chi connectivity index (χ4n) is 2.45. The molecule has 1 aliphatic rings. The molecular weight excluding hydrogens is 302 g/mol. The maximum atomic E-state index is 12.2. The number of aliphatic carboxylic acids is 1. The standard InChI is InChI=1S/C13H16ClNO4S/c14-9-5-7-10(8-6-9)20(18,19)15-12-4-2-1-3-11(12)13(16)17/h5-8,11-12,15H,1-4H2,(H,16,17)/t11-,12-/m1/s1. The molecule has 2 rings (SSSR count). The molecule has 2 N–H and O–H groups in total. The van der Waals surface area contributed by atoms with Gasteiger partial charge in [0.05, 0.1) is 10.8 Å². The minimum absolute atomic E-state index is 0.0941. The lowest BCUT2D eigenvalue weighted by molar-refractivity contribution is -0.143. The van der Waals surface area contributed by atoms with Crippen LogP contribution in [0.5, 0.6) is 0 Å². The highest BCUT2D eigenvalue weighted by Crippen LogP contribution is 2.26. The first-order chi connectivity index (χ1) is 9.40. The summed E-state index contributed by atoms with van der Waals surface area (Å²) in [5.41, 5.74) is 0. The summed E-state index contributed by atoms with van der Waals surface area (Å²) in [4.78, 5) is 11.3. The Labute approximate surface area is 123 Å². The SMILES string of the molecule is O=C(O)[C@@H]1CCCC[C@H]1NS(=O)(=O)c1ccc(Cl)cc1. The molecule has 1 aromatic carbocycles. The molecule has 110 valence electrons. The molecule has 1 saturated carbocycles. The van der Waals surface area contributed by atoms with Crippen LogP contribution < -0.4 is 4.72 Å². The molecule has 0 amide bonds. The fourth-order valence-corrected chi connectivity index (χ4v) is 3.89. The van der Waals surface area contributed by atoms with Crippen LogP contribution in [0, 0.1) is 5.92 Å². The number of nitrogens with one attached hydrogen (secondary N) is 1. The van der Waals surface area contributed by atoms with Gasteiger partial charge in [0.2, 0.25) is 10.0 Å². The number of halogens is 1. The van der Waals surface area contributed by atoms with Crippen molar-refractivity contribution < 1.29 is 18.3 Å². The molecule has 1 fully saturated rings. The van der Waals surface area contributed by atoms with Gasteiger partial charge in [0, 0.05) is 11.1 Å². The summed E-state index contributed by atoms with van der Waals surface area (Å²) >= 11 is 5.73. The highest BCUT2D eigenvalue weighted by Gasteiger charge is 2.33. The molecule has 20 heavy (non-hydrogen) atoms. The van der Waals surface area contributed by atoms with Crippen LogP contribution in [0.25, 0.3) is 0 Å². The third-order valence-electron chi connectivity index (χ3n) is 3.51. The third-order valence-corrected chi connectivity index (χ3v) is 5.27. The van der Waals surface area contributed by atoms with Gasteiger partial charge in [-0.2, -0.15) is 0 Å². The summed E-state index contributed by atoms with van der Waals surface area (Å²) in [7, 11) is -3.72. The summed E-state index contributed by atoms with van der Waals surface area (Å²) in [5, 5.41) is 9.61. The Morgan fingerprint density at radius 2 is 1.80 bits per heavy atom. The number of carbonyl (C=O) groups is 1. The molecule has 1 aromatic rings. The second-order valence-electron chi connectivity index (χ2n) is 4.91. The molecule has 0 spiro atoms. The van der Waals surface area contributed by atoms with Gasteiger partial charge in [0.1, 0.15) is 0 Å². The first-order valence-electron chi connectivity index (χ1n) is 6.41. The van der Waals surface area contributed by atoms with Crippen molar-refractivity contribution in [3.8, 4) is 0 Å². The molecule has 0 heterocycles. The van der Waals surface area contributed by atoms with E-state index in [1.807, 2.05) is 0 Å². The molecule has 0 aliphatic heterocycles. The van der Waals surface area contributed by atoms with Gasteiger partial charge >= 0.3 is 5.97 Å². The minimum atomic E-state index is -3.72. The van der Waals surface area contributed by atoms with Crippen molar-refractivity contribution in [3.05, 3.63) is 29.3 Å². The number of carboxylic acid groups (broad SMARTS) is 1. The average molecular weight is 318 g/mol. The van der Waals surface area contributed by atoms with E-state index in [0.717, 1.165) is 12.8 Å². The van der Waals surface area contributed by atoms with Crippen LogP contribution in [0.15, 0.2) is 29.2 Å². The maximum absolute atomic E-state index is 12.2. The van der Waals surface area contributed by atoms with Gasteiger partial charge in [0.15, 0.2) is 0 Å². The predicted octanol–water partition coefficient (Wildman–Crippen LogP) is 2.26. The molecule has 0 saturated heterocycles. The van der Waals surface area contributed by atoms with E-state index in [4.69, 9.17) is 16.7 Å². The van der Waals surface area contributed by atoms with Gasteiger partial charge in [-0.3, -0.25) is 4.79 Å². The fraction of sp³-hybridized carbons (Fsp3) is 0.462. The summed E-state index contributed by atoms with van der Waals surface area (Å²) < 4.78 is 27.0. The third kappa shape index (κ3) is 3.50. The number of hydrogen-bond donors (Lipinski definition) is 2. The second-order valence-corrected chi connectivity index (χ2v) is 7.06. The zero-order valence-electron chi connectivity index (χ0n) is 10.8. The van der Waals surface area contributed by atoms with E-state index in [9.17, 15) is 13.2 Å². The minimum Gasteiger partial charge on any atom is -0.481 e. The maximum Gasteiger partial charge on any atom is 0.308 e. The average Bonchev–Trinajstić information content (AvgIpc) is 2.39. The van der Waals surface area contributed by atoms with Crippen molar-refractivity contribution in [1.29, 1.82) is 0 Å². The Balaban J connectivity index is 2.18. The Morgan fingerprint density at radius 3 is 2.40 bits per heavy atom. The number of benzene rings is 1. The Morgan fingerprint density at radius 1 is 1.20 bits per heavy atom. The van der Waals surface area contributed by atoms with Crippen LogP contribution in [-0.4, -0.2) is 25.5 Å². The summed E-state index contributed by atoms with van der Waals surface area (Å²) in [6, 6.07) is 5.24. The van der Waals surface area contributed by atoms with Crippen LogP contribution in [0.2, 0.25) is 5.02 Å². The highest BCUT2D eigenvalue weighted by molar-refractivity contribution is 7.89. The van der Waals surface area contributed by atoms with E-state index in [-0.39, 0.29) is 4.90 Å². The van der Waals surface area contributed by atoms with Crippen molar-refractivity contribution in [1.82, 2.24) is 4.72 Å². The largest absolute Gasteiger partial charge is 0.481 e. The highest BCUT2D eigenvalue weighted by atomic mass is 35.5. The van der Waals surface area contributed by atoms with E-state index >= 15 is 0 Å². The lowest BCUT2D eigenvalue weighted by atomic mass is 9.85. The van der Waals surface area contributed by atoms with E-state index in [0.29, 0.717) is 17.9 Å². The second kappa shape index (κ2) is 6.11. The molecule has 7 heteroatoms. The van der Waals surface area contributed by atoms with Crippen LogP contribution in [0.1, 0.15) is 25.7 Å². The summed E-state index contributed by atoms with van der Waals surface area (Å²) in [6.45, 7) is 0. The Hall–Kier alpha value is -1.11. The quantitative estimate of drug-likeness (QED) is 0.892. The monoisotopic (exact) mass is 317 g/mol. The van der Waals surface area contributed by atoms with Crippen molar-refractivity contribution in [2.75, 3.05) is 0 Å². The van der Waals surface area contributed by atoms with Gasteiger partial charge in [0.25, 0.3) is 0 Å². The van der Waals surface area contributed by atoms with E-state index in [1.54, 1.807) is 0 Å². The Bertz CT molecular complexity index is 585. The molecule has 5 nitrogen and oxygen atoms in total. The predicted molar refractivity (Wildman–Crippen MR) is 75.2 cm³/mol. The van der Waals surface area contributed by atoms with Gasteiger partial charge in [-0.15, -0.1) is 0 Å². The lowest BCUT2D eigenvalue weighted by Gasteiger charge is -2.28. The number of hydrogen-bond acceptors (Lipinski definition) is 3. The molecular formula is C13H16ClNO4S. The van der Waals surface area contributed by atoms with Crippen LogP contribution in [0.3, 0.4) is 0 Å². The number of carboxylic acids is 1. The Kier molecular flexibility index (Phi) is 4.67. The molecule has 2 atom stereocenters. The van der Waals surface area contributed by atoms with Crippen molar-refractivity contribution in [3.63, 3.8) is 0 Å². The lowest BCUT2D eigenvalue weighted by Crippen LogP contribution is -2.44. The van der Waals surface area contributed by atoms with E-state index in [1.165, 1.54) is 24.3 Å². The number of sulfonamides is 1. The first-order valence-corrected chi connectivity index (χ1v) is 8.27. The molecule has 0 aromatic heterocycles. The molecule has 0 radical (unpaired) electrons. The van der Waals surface area contributed by atoms with Crippen molar-refractivity contribution in [2.45, 2.75) is 36.6 Å². The topological polar surface area (TPSA) is 83.5 Å². The van der Waals surface area contributed by atoms with Gasteiger partial charge in [-0.1, -0.05) is 24.4 Å². The molecule has 1 aliphatic carbocycles. The number of rotatable bonds is 4. The van der Waals surface area contributed by atoms with E-state index < -0.39 is 28.0 Å². The zero-order valence-corrected chi connectivity index (χ0v) is 12.3. The van der Waals surface area contributed by atoms with Gasteiger partial charge in [-0.05, 0) is 37.1 Å². The molecule has 0 bridgehead atoms.